The van der Waals surface area contributed by atoms with Gasteiger partial charge < -0.3 is 9.47 Å². The quantitative estimate of drug-likeness (QED) is 0.152. The van der Waals surface area contributed by atoms with Crippen molar-refractivity contribution in [1.82, 2.24) is 4.57 Å². The first kappa shape index (κ1) is 36.2. The Balaban J connectivity index is 1.19. The maximum atomic E-state index is 2.54. The molecule has 2 nitrogen and oxygen atoms in total. The molecule has 0 N–H and O–H groups in total. The van der Waals surface area contributed by atoms with E-state index in [0.717, 1.165) is 22.6 Å². The lowest BCUT2D eigenvalue weighted by Gasteiger charge is -2.29. The van der Waals surface area contributed by atoms with Crippen molar-refractivity contribution in [3.8, 4) is 27.9 Å². The second-order valence-corrected chi connectivity index (χ2v) is 16.8. The molecule has 0 radical (unpaired) electrons. The molecule has 13 aromatic rings. The third kappa shape index (κ3) is 5.53. The van der Waals surface area contributed by atoms with Gasteiger partial charge in [0.25, 0.3) is 0 Å². The fourth-order valence-corrected chi connectivity index (χ4v) is 10.6. The van der Waals surface area contributed by atoms with Crippen molar-refractivity contribution in [2.45, 2.75) is 0 Å². The molecule has 0 amide bonds. The lowest BCUT2D eigenvalue weighted by Crippen LogP contribution is -2.11. The van der Waals surface area contributed by atoms with E-state index in [1.807, 2.05) is 0 Å². The van der Waals surface area contributed by atoms with Gasteiger partial charge in [0.2, 0.25) is 0 Å². The van der Waals surface area contributed by atoms with Gasteiger partial charge >= 0.3 is 0 Å². The van der Waals surface area contributed by atoms with E-state index in [9.17, 15) is 0 Å². The van der Waals surface area contributed by atoms with Crippen LogP contribution in [-0.2, 0) is 0 Å². The molecule has 1 heterocycles. The molecule has 0 fully saturated rings. The summed E-state index contributed by atoms with van der Waals surface area (Å²) in [6.45, 7) is 0. The SMILES string of the molecule is c1ccc(-c2c(-c3ccccc3)c3cc(N(c4cc5ccccc5c5ccccc45)c4cccc5c4c4ccccc4n5-c4cccc5ccccc45)ccc3c3ccccc23)cc1. The van der Waals surface area contributed by atoms with Gasteiger partial charge in [0, 0.05) is 27.2 Å². The van der Waals surface area contributed by atoms with Gasteiger partial charge in [-0.1, -0.05) is 200 Å². The maximum Gasteiger partial charge on any atom is 0.0562 e. The Morgan fingerprint density at radius 2 is 0.797 bits per heavy atom. The van der Waals surface area contributed by atoms with Gasteiger partial charge in [-0.15, -0.1) is 0 Å². The summed E-state index contributed by atoms with van der Waals surface area (Å²) < 4.78 is 2.47. The average molecular weight is 813 g/mol. The topological polar surface area (TPSA) is 8.17 Å². The summed E-state index contributed by atoms with van der Waals surface area (Å²) in [5.74, 6) is 0. The predicted molar refractivity (Wildman–Crippen MR) is 274 cm³/mol. The summed E-state index contributed by atoms with van der Waals surface area (Å²) in [4.78, 5) is 2.54. The van der Waals surface area contributed by atoms with Gasteiger partial charge in [-0.05, 0) is 108 Å². The second-order valence-electron chi connectivity index (χ2n) is 16.8. The van der Waals surface area contributed by atoms with Crippen LogP contribution in [0.25, 0.3) is 104 Å². The third-order valence-corrected chi connectivity index (χ3v) is 13.3. The number of hydrogen-bond acceptors (Lipinski definition) is 1. The number of nitrogens with zero attached hydrogens (tertiary/aromatic N) is 2. The minimum Gasteiger partial charge on any atom is -0.309 e. The van der Waals surface area contributed by atoms with Crippen molar-refractivity contribution >= 4 is 92.7 Å². The van der Waals surface area contributed by atoms with Crippen molar-refractivity contribution in [3.05, 3.63) is 243 Å². The monoisotopic (exact) mass is 812 g/mol. The highest BCUT2D eigenvalue weighted by atomic mass is 15.1. The lowest BCUT2D eigenvalue weighted by atomic mass is 9.85. The summed E-state index contributed by atoms with van der Waals surface area (Å²) >= 11 is 0. The Kier molecular flexibility index (Phi) is 8.25. The zero-order valence-corrected chi connectivity index (χ0v) is 35.0. The smallest absolute Gasteiger partial charge is 0.0562 e. The molecule has 0 aliphatic carbocycles. The summed E-state index contributed by atoms with van der Waals surface area (Å²) in [7, 11) is 0. The van der Waals surface area contributed by atoms with E-state index in [1.165, 1.54) is 98.1 Å². The fraction of sp³-hybridized carbons (Fsp3) is 0. The third-order valence-electron chi connectivity index (χ3n) is 13.3. The number of aromatic nitrogens is 1. The average Bonchev–Trinajstić information content (AvgIpc) is 3.71. The second kappa shape index (κ2) is 14.6. The molecule has 0 aliphatic rings. The molecule has 0 saturated carbocycles. The Labute approximate surface area is 371 Å². The van der Waals surface area contributed by atoms with Crippen LogP contribution in [0.3, 0.4) is 0 Å². The fourth-order valence-electron chi connectivity index (χ4n) is 10.6. The molecule has 0 unspecified atom stereocenters. The van der Waals surface area contributed by atoms with Gasteiger partial charge in [0.05, 0.1) is 28.1 Å². The van der Waals surface area contributed by atoms with Crippen molar-refractivity contribution < 1.29 is 0 Å². The van der Waals surface area contributed by atoms with Crippen LogP contribution in [0.2, 0.25) is 0 Å². The molecule has 64 heavy (non-hydrogen) atoms. The summed E-state index contributed by atoms with van der Waals surface area (Å²) in [5, 5.41) is 14.7. The molecular formula is C62H40N2. The van der Waals surface area contributed by atoms with E-state index in [4.69, 9.17) is 0 Å². The van der Waals surface area contributed by atoms with Crippen molar-refractivity contribution in [3.63, 3.8) is 0 Å². The van der Waals surface area contributed by atoms with Crippen LogP contribution in [0.5, 0.6) is 0 Å². The van der Waals surface area contributed by atoms with Crippen LogP contribution in [0.4, 0.5) is 17.1 Å². The van der Waals surface area contributed by atoms with Gasteiger partial charge in [-0.25, -0.2) is 0 Å². The molecular weight excluding hydrogens is 773 g/mol. The molecule has 2 heteroatoms. The number of anilines is 3. The van der Waals surface area contributed by atoms with Gasteiger partial charge in [-0.3, -0.25) is 0 Å². The van der Waals surface area contributed by atoms with E-state index in [1.54, 1.807) is 0 Å². The van der Waals surface area contributed by atoms with Crippen LogP contribution < -0.4 is 4.90 Å². The lowest BCUT2D eigenvalue weighted by molar-refractivity contribution is 1.20. The molecule has 12 aromatic carbocycles. The highest BCUT2D eigenvalue weighted by Crippen LogP contribution is 2.50. The zero-order chi connectivity index (χ0) is 42.1. The number of fused-ring (bicyclic) bond motifs is 10. The molecule has 1 aromatic heterocycles. The summed E-state index contributed by atoms with van der Waals surface area (Å²) in [6, 6.07) is 89.3. The van der Waals surface area contributed by atoms with E-state index < -0.39 is 0 Å². The molecule has 0 saturated heterocycles. The first-order valence-electron chi connectivity index (χ1n) is 22.1. The standard InChI is InChI=1S/C62H40N2/c1-3-20-42(21-4-1)60-52-31-14-12-29-49(52)50-38-37-45(40-54(50)61(60)43-22-5-2-6-23-43)63(59-39-44-24-8-9-26-46(44)48-28-11-13-30-51(48)59)57-35-18-36-58-62(57)53-32-15-16-33-56(53)64(58)55-34-17-25-41-19-7-10-27-47(41)55/h1-40H. The van der Waals surface area contributed by atoms with Crippen LogP contribution in [0.15, 0.2) is 243 Å². The van der Waals surface area contributed by atoms with Crippen LogP contribution >= 0.6 is 0 Å². The Morgan fingerprint density at radius 3 is 1.55 bits per heavy atom. The maximum absolute atomic E-state index is 2.54. The largest absolute Gasteiger partial charge is 0.309 e. The van der Waals surface area contributed by atoms with E-state index >= 15 is 0 Å². The predicted octanol–water partition coefficient (Wildman–Crippen LogP) is 17.4. The summed E-state index contributed by atoms with van der Waals surface area (Å²) in [5.41, 5.74) is 11.7. The minimum absolute atomic E-state index is 1.09. The normalized spacial score (nSPS) is 11.8. The summed E-state index contributed by atoms with van der Waals surface area (Å²) in [6.07, 6.45) is 0. The molecule has 13 rings (SSSR count). The van der Waals surface area contributed by atoms with E-state index in [2.05, 4.69) is 252 Å². The zero-order valence-electron chi connectivity index (χ0n) is 35.0. The number of hydrogen-bond donors (Lipinski definition) is 0. The molecule has 0 spiro atoms. The van der Waals surface area contributed by atoms with E-state index in [0.29, 0.717) is 0 Å². The van der Waals surface area contributed by atoms with E-state index in [-0.39, 0.29) is 0 Å². The van der Waals surface area contributed by atoms with Crippen LogP contribution in [0.1, 0.15) is 0 Å². The van der Waals surface area contributed by atoms with Crippen LogP contribution in [0, 0.1) is 0 Å². The first-order valence-corrected chi connectivity index (χ1v) is 22.1. The van der Waals surface area contributed by atoms with Crippen molar-refractivity contribution in [2.75, 3.05) is 4.90 Å². The van der Waals surface area contributed by atoms with Gasteiger partial charge in [-0.2, -0.15) is 0 Å². The molecule has 0 atom stereocenters. The van der Waals surface area contributed by atoms with Crippen molar-refractivity contribution in [1.29, 1.82) is 0 Å². The first-order chi connectivity index (χ1) is 31.8. The highest BCUT2D eigenvalue weighted by Gasteiger charge is 2.25. The molecule has 298 valence electrons. The molecule has 0 aliphatic heterocycles. The number of para-hydroxylation sites is 1. The Bertz CT molecular complexity index is 3950. The van der Waals surface area contributed by atoms with Crippen LogP contribution in [-0.4, -0.2) is 4.57 Å². The minimum atomic E-state index is 1.09. The Hall–Kier alpha value is -8.46. The van der Waals surface area contributed by atoms with Gasteiger partial charge in [0.1, 0.15) is 0 Å². The molecule has 0 bridgehead atoms. The van der Waals surface area contributed by atoms with Crippen molar-refractivity contribution in [2.24, 2.45) is 0 Å². The number of benzene rings is 12. The van der Waals surface area contributed by atoms with Gasteiger partial charge in [0.15, 0.2) is 0 Å². The number of rotatable bonds is 6. The Morgan fingerprint density at radius 1 is 0.281 bits per heavy atom. The highest BCUT2D eigenvalue weighted by molar-refractivity contribution is 6.24.